The molecule has 4 amide bonds. The number of nitrogens with one attached hydrogen (secondary N) is 3. The average molecular weight is 752 g/mol. The number of carbonyl (C=O) groups excluding carboxylic acids is 4. The van der Waals surface area contributed by atoms with Crippen molar-refractivity contribution in [2.75, 3.05) is 18.9 Å². The number of sulfonamides is 1. The van der Waals surface area contributed by atoms with Gasteiger partial charge in [-0.05, 0) is 69.6 Å². The maximum absolute atomic E-state index is 13.9. The van der Waals surface area contributed by atoms with E-state index in [9.17, 15) is 40.8 Å². The minimum Gasteiger partial charge on any atom is -0.446 e. The number of alkyl halides is 3. The molecule has 276 valence electrons. The Morgan fingerprint density at radius 2 is 1.86 bits per heavy atom. The van der Waals surface area contributed by atoms with E-state index in [-0.39, 0.29) is 30.5 Å². The highest BCUT2D eigenvalue weighted by Gasteiger charge is 2.62. The fraction of sp³-hybridized carbons (Fsp3) is 0.500. The molecule has 1 heterocycles. The third kappa shape index (κ3) is 8.80. The molecule has 0 radical (unpaired) electrons. The van der Waals surface area contributed by atoms with Gasteiger partial charge in [0.1, 0.15) is 16.7 Å². The van der Waals surface area contributed by atoms with Crippen LogP contribution in [0.15, 0.2) is 55.1 Å². The lowest BCUT2D eigenvalue weighted by atomic mass is 9.93. The van der Waals surface area contributed by atoms with Gasteiger partial charge in [0.05, 0.1) is 28.3 Å². The molecule has 5 unspecified atom stereocenters. The van der Waals surface area contributed by atoms with Crippen LogP contribution in [-0.2, 0) is 35.3 Å². The van der Waals surface area contributed by atoms with Crippen LogP contribution in [0.4, 0.5) is 23.7 Å². The molecule has 0 bridgehead atoms. The van der Waals surface area contributed by atoms with E-state index in [1.807, 2.05) is 0 Å². The summed E-state index contributed by atoms with van der Waals surface area (Å²) in [5, 5.41) is 6.39. The Labute approximate surface area is 298 Å². The van der Waals surface area contributed by atoms with Gasteiger partial charge in [-0.3, -0.25) is 24.4 Å². The molecular weight excluding hydrogens is 712 g/mol. The molecule has 5 rings (SSSR count). The van der Waals surface area contributed by atoms with Gasteiger partial charge < -0.3 is 15.0 Å². The molecule has 3 saturated carbocycles. The zero-order valence-electron chi connectivity index (χ0n) is 27.9. The SMILES string of the molecule is C=CCCCCN(C)C(=O)C1CC(OC(=O)Nc2cc(C(F)(F)F)ccc2-c2nccs2)CC1C(=O)NC1(C(=O)NS(=O)(=O)C2CC2)CC1C=C. The molecule has 51 heavy (non-hydrogen) atoms. The lowest BCUT2D eigenvalue weighted by Gasteiger charge is -2.26. The lowest BCUT2D eigenvalue weighted by Crippen LogP contribution is -2.54. The van der Waals surface area contributed by atoms with Crippen LogP contribution in [-0.4, -0.2) is 72.6 Å². The number of allylic oxidation sites excluding steroid dienone is 1. The van der Waals surface area contributed by atoms with Gasteiger partial charge in [-0.15, -0.1) is 24.5 Å². The molecule has 3 fully saturated rings. The number of amides is 4. The second-order valence-corrected chi connectivity index (χ2v) is 16.0. The van der Waals surface area contributed by atoms with E-state index in [0.29, 0.717) is 30.8 Å². The Kier molecular flexibility index (Phi) is 11.3. The summed E-state index contributed by atoms with van der Waals surface area (Å²) in [4.78, 5) is 59.7. The number of anilines is 1. The highest BCUT2D eigenvalue weighted by Crippen LogP contribution is 2.46. The van der Waals surface area contributed by atoms with Gasteiger partial charge in [-0.2, -0.15) is 13.2 Å². The third-order valence-corrected chi connectivity index (χ3v) is 12.1. The van der Waals surface area contributed by atoms with Crippen LogP contribution in [0.5, 0.6) is 0 Å². The number of nitrogens with zero attached hydrogens (tertiary/aromatic N) is 2. The lowest BCUT2D eigenvalue weighted by molar-refractivity contribution is -0.140. The minimum absolute atomic E-state index is 0.0800. The molecule has 3 aliphatic rings. The third-order valence-electron chi connectivity index (χ3n) is 9.47. The number of rotatable bonds is 15. The Morgan fingerprint density at radius 3 is 2.47 bits per heavy atom. The molecular formula is C34H40F3N5O7S2. The van der Waals surface area contributed by atoms with Crippen LogP contribution in [0, 0.1) is 17.8 Å². The van der Waals surface area contributed by atoms with E-state index in [1.165, 1.54) is 23.2 Å². The number of unbranched alkanes of at least 4 members (excludes halogenated alkanes) is 2. The molecule has 3 aliphatic carbocycles. The largest absolute Gasteiger partial charge is 0.446 e. The van der Waals surface area contributed by atoms with E-state index < -0.39 is 80.2 Å². The van der Waals surface area contributed by atoms with Gasteiger partial charge in [0.25, 0.3) is 5.91 Å². The first-order valence-electron chi connectivity index (χ1n) is 16.5. The highest BCUT2D eigenvalue weighted by atomic mass is 32.2. The van der Waals surface area contributed by atoms with Crippen molar-refractivity contribution in [3.8, 4) is 10.6 Å². The number of thiazole rings is 1. The van der Waals surface area contributed by atoms with Crippen molar-refractivity contribution in [2.45, 2.75) is 74.4 Å². The normalized spacial score (nSPS) is 24.2. The van der Waals surface area contributed by atoms with Crippen molar-refractivity contribution in [1.29, 1.82) is 0 Å². The van der Waals surface area contributed by atoms with Crippen LogP contribution in [0.25, 0.3) is 10.6 Å². The first-order valence-corrected chi connectivity index (χ1v) is 19.0. The summed E-state index contributed by atoms with van der Waals surface area (Å²) in [5.74, 6) is -4.61. The van der Waals surface area contributed by atoms with Gasteiger partial charge in [-0.25, -0.2) is 18.2 Å². The van der Waals surface area contributed by atoms with Gasteiger partial charge in [-0.1, -0.05) is 12.2 Å². The first-order chi connectivity index (χ1) is 24.1. The summed E-state index contributed by atoms with van der Waals surface area (Å²) in [5.41, 5.74) is -2.55. The van der Waals surface area contributed by atoms with E-state index in [1.54, 1.807) is 18.5 Å². The predicted octanol–water partition coefficient (Wildman–Crippen LogP) is 5.26. The number of carbonyl (C=O) groups is 4. The van der Waals surface area contributed by atoms with Crippen molar-refractivity contribution in [1.82, 2.24) is 19.9 Å². The van der Waals surface area contributed by atoms with E-state index in [0.717, 1.165) is 36.3 Å². The quantitative estimate of drug-likeness (QED) is 0.164. The Bertz CT molecular complexity index is 1780. The second kappa shape index (κ2) is 15.2. The number of halogens is 3. The standard InChI is InChI=1S/C34H40F3N5O7S2/c1-4-6-7-8-14-42(3)30(44)26-18-22(49-32(46)39-27-16-21(34(35,36)37)9-12-24(27)29-38-13-15-50-29)17-25(26)28(43)40-33(19-20(33)5-2)31(45)41-51(47,48)23-10-11-23/h4-5,9,12-13,15-16,20,22-23,25-26H,1-2,6-8,10-11,14,17-19H2,3H3,(H,39,46)(H,40,43)(H,41,45). The predicted molar refractivity (Wildman–Crippen MR) is 184 cm³/mol. The molecule has 0 spiro atoms. The topological polar surface area (TPSA) is 164 Å². The summed E-state index contributed by atoms with van der Waals surface area (Å²) in [7, 11) is -2.33. The van der Waals surface area contributed by atoms with Crippen LogP contribution in [0.1, 0.15) is 56.9 Å². The van der Waals surface area contributed by atoms with Crippen LogP contribution in [0.3, 0.4) is 0 Å². The van der Waals surface area contributed by atoms with E-state index in [2.05, 4.69) is 33.5 Å². The molecule has 0 saturated heterocycles. The van der Waals surface area contributed by atoms with Crippen molar-refractivity contribution >= 4 is 50.9 Å². The molecule has 1 aromatic heterocycles. The smallest absolute Gasteiger partial charge is 0.416 e. The number of benzene rings is 1. The summed E-state index contributed by atoms with van der Waals surface area (Å²) in [6.07, 6.45) is 0.812. The Balaban J connectivity index is 1.34. The monoisotopic (exact) mass is 751 g/mol. The number of hydrogen-bond donors (Lipinski definition) is 3. The van der Waals surface area contributed by atoms with Gasteiger partial charge in [0.2, 0.25) is 21.8 Å². The molecule has 17 heteroatoms. The maximum atomic E-state index is 13.9. The molecule has 0 aliphatic heterocycles. The molecule has 5 atom stereocenters. The number of hydrogen-bond acceptors (Lipinski definition) is 9. The fourth-order valence-electron chi connectivity index (χ4n) is 6.37. The summed E-state index contributed by atoms with van der Waals surface area (Å²) >= 11 is 1.16. The fourth-order valence-corrected chi connectivity index (χ4v) is 8.41. The second-order valence-electron chi connectivity index (χ2n) is 13.2. The number of ether oxygens (including phenoxy) is 1. The van der Waals surface area contributed by atoms with Crippen molar-refractivity contribution in [3.63, 3.8) is 0 Å². The number of aromatic nitrogens is 1. The maximum Gasteiger partial charge on any atom is 0.416 e. The van der Waals surface area contributed by atoms with Crippen LogP contribution in [0.2, 0.25) is 0 Å². The molecule has 2 aromatic rings. The van der Waals surface area contributed by atoms with Gasteiger partial charge in [0.15, 0.2) is 0 Å². The first kappa shape index (κ1) is 38.0. The van der Waals surface area contributed by atoms with Crippen LogP contribution < -0.4 is 15.4 Å². The Morgan fingerprint density at radius 1 is 1.14 bits per heavy atom. The molecule has 1 aromatic carbocycles. The summed E-state index contributed by atoms with van der Waals surface area (Å²) in [6, 6.07) is 2.85. The molecule has 12 nitrogen and oxygen atoms in total. The molecule has 3 N–H and O–H groups in total. The van der Waals surface area contributed by atoms with Crippen LogP contribution >= 0.6 is 11.3 Å². The zero-order chi connectivity index (χ0) is 37.1. The van der Waals surface area contributed by atoms with Crippen molar-refractivity contribution < 1.29 is 45.5 Å². The van der Waals surface area contributed by atoms with E-state index in [4.69, 9.17) is 4.74 Å². The van der Waals surface area contributed by atoms with Gasteiger partial charge in [0, 0.05) is 36.7 Å². The summed E-state index contributed by atoms with van der Waals surface area (Å²) < 4.78 is 73.5. The average Bonchev–Trinajstić information content (AvgIpc) is 3.95. The van der Waals surface area contributed by atoms with Gasteiger partial charge >= 0.3 is 12.3 Å². The minimum atomic E-state index is -4.69. The van der Waals surface area contributed by atoms with Crippen molar-refractivity contribution in [3.05, 3.63) is 60.6 Å². The summed E-state index contributed by atoms with van der Waals surface area (Å²) in [6.45, 7) is 7.77. The Hall–Kier alpha value is -4.25. The van der Waals surface area contributed by atoms with Crippen molar-refractivity contribution in [2.24, 2.45) is 17.8 Å². The zero-order valence-corrected chi connectivity index (χ0v) is 29.5. The van der Waals surface area contributed by atoms with E-state index >= 15 is 0 Å². The highest BCUT2D eigenvalue weighted by molar-refractivity contribution is 7.91.